The fraction of sp³-hybridized carbons (Fsp3) is 0.211. The Labute approximate surface area is 155 Å². The molecule has 27 heavy (non-hydrogen) atoms. The van der Waals surface area contributed by atoms with Crippen molar-refractivity contribution in [2.24, 2.45) is 0 Å². The number of nitrogens with one attached hydrogen (secondary N) is 1. The molecule has 2 aromatic carbocycles. The predicted molar refractivity (Wildman–Crippen MR) is 101 cm³/mol. The van der Waals surface area contributed by atoms with Crippen molar-refractivity contribution in [3.05, 3.63) is 69.8 Å². The molecule has 0 saturated heterocycles. The second-order valence-corrected chi connectivity index (χ2v) is 8.23. The van der Waals surface area contributed by atoms with Crippen LogP contribution in [0.3, 0.4) is 0 Å². The largest absolute Gasteiger partial charge is 0.465 e. The smallest absolute Gasteiger partial charge is 0.337 e. The average molecular weight is 386 g/mol. The highest BCUT2D eigenvalue weighted by atomic mass is 32.2. The molecule has 140 valence electrons. The number of hydrogen-bond acceptors (Lipinski definition) is 6. The lowest BCUT2D eigenvalue weighted by Gasteiger charge is -2.06. The van der Waals surface area contributed by atoms with E-state index in [1.165, 1.54) is 25.3 Å². The number of hydrogen-bond donors (Lipinski definition) is 1. The lowest BCUT2D eigenvalue weighted by Crippen LogP contribution is -2.16. The standard InChI is InChI=1S/C19H18N2O5S/c1-12-3-6-14(7-4-12)27(24,25)10-9-17-20-16-11-13(19(23)26-2)5-8-15(16)18(22)21-17/h3-8,11H,9-10H2,1-2H3,(H,20,21,22). The molecule has 0 aliphatic carbocycles. The Hall–Kier alpha value is -3.00. The van der Waals surface area contributed by atoms with Crippen molar-refractivity contribution < 1.29 is 17.9 Å². The third kappa shape index (κ3) is 4.06. The molecule has 7 nitrogen and oxygen atoms in total. The van der Waals surface area contributed by atoms with Crippen LogP contribution in [0.1, 0.15) is 21.7 Å². The van der Waals surface area contributed by atoms with E-state index in [4.69, 9.17) is 0 Å². The van der Waals surface area contributed by atoms with Crippen molar-refractivity contribution in [3.8, 4) is 0 Å². The van der Waals surface area contributed by atoms with Crippen LogP contribution in [-0.2, 0) is 21.0 Å². The highest BCUT2D eigenvalue weighted by Crippen LogP contribution is 2.15. The molecule has 0 bridgehead atoms. The van der Waals surface area contributed by atoms with Crippen molar-refractivity contribution in [3.63, 3.8) is 0 Å². The minimum Gasteiger partial charge on any atom is -0.465 e. The van der Waals surface area contributed by atoms with E-state index in [2.05, 4.69) is 14.7 Å². The summed E-state index contributed by atoms with van der Waals surface area (Å²) in [6.45, 7) is 1.88. The van der Waals surface area contributed by atoms with Crippen LogP contribution in [-0.4, -0.2) is 37.2 Å². The Balaban J connectivity index is 1.89. The summed E-state index contributed by atoms with van der Waals surface area (Å²) in [5, 5.41) is 0.313. The second-order valence-electron chi connectivity index (χ2n) is 6.12. The Morgan fingerprint density at radius 3 is 2.52 bits per heavy atom. The number of carbonyl (C=O) groups is 1. The van der Waals surface area contributed by atoms with Crippen LogP contribution in [0.15, 0.2) is 52.2 Å². The molecular formula is C19H18N2O5S. The SMILES string of the molecule is COC(=O)c1ccc2c(=O)[nH]c(CCS(=O)(=O)c3ccc(C)cc3)nc2c1. The lowest BCUT2D eigenvalue weighted by atomic mass is 10.1. The highest BCUT2D eigenvalue weighted by Gasteiger charge is 2.16. The van der Waals surface area contributed by atoms with Crippen molar-refractivity contribution in [1.82, 2.24) is 9.97 Å². The molecule has 8 heteroatoms. The Bertz CT molecular complexity index is 1160. The Morgan fingerprint density at radius 2 is 1.85 bits per heavy atom. The average Bonchev–Trinajstić information content (AvgIpc) is 2.65. The molecule has 3 aromatic rings. The van der Waals surface area contributed by atoms with E-state index in [1.54, 1.807) is 24.3 Å². The number of nitrogens with zero attached hydrogens (tertiary/aromatic N) is 1. The zero-order valence-electron chi connectivity index (χ0n) is 14.9. The van der Waals surface area contributed by atoms with Crippen LogP contribution in [0.25, 0.3) is 10.9 Å². The van der Waals surface area contributed by atoms with E-state index in [-0.39, 0.29) is 34.0 Å². The van der Waals surface area contributed by atoms with E-state index >= 15 is 0 Å². The van der Waals surface area contributed by atoms with Crippen molar-refractivity contribution in [2.75, 3.05) is 12.9 Å². The summed E-state index contributed by atoms with van der Waals surface area (Å²) in [5.74, 6) is -0.492. The van der Waals surface area contributed by atoms with Crippen LogP contribution < -0.4 is 5.56 Å². The molecule has 0 aliphatic heterocycles. The molecule has 1 aromatic heterocycles. The molecule has 0 spiro atoms. The fourth-order valence-corrected chi connectivity index (χ4v) is 3.89. The zero-order chi connectivity index (χ0) is 19.6. The van der Waals surface area contributed by atoms with Crippen LogP contribution in [0.2, 0.25) is 0 Å². The van der Waals surface area contributed by atoms with Gasteiger partial charge in [-0.25, -0.2) is 18.2 Å². The van der Waals surface area contributed by atoms with Gasteiger partial charge in [0.25, 0.3) is 5.56 Å². The summed E-state index contributed by atoms with van der Waals surface area (Å²) in [5.41, 5.74) is 1.15. The molecular weight excluding hydrogens is 368 g/mol. The van der Waals surface area contributed by atoms with Gasteiger partial charge in [0.1, 0.15) is 5.82 Å². The van der Waals surface area contributed by atoms with Crippen molar-refractivity contribution in [2.45, 2.75) is 18.2 Å². The number of aryl methyl sites for hydroxylation is 2. The van der Waals surface area contributed by atoms with Gasteiger partial charge in [-0.3, -0.25) is 4.79 Å². The maximum atomic E-state index is 12.5. The normalized spacial score (nSPS) is 11.5. The van der Waals surface area contributed by atoms with Gasteiger partial charge in [0, 0.05) is 6.42 Å². The summed E-state index contributed by atoms with van der Waals surface area (Å²) < 4.78 is 29.6. The Kier molecular flexibility index (Phi) is 5.09. The summed E-state index contributed by atoms with van der Waals surface area (Å²) in [7, 11) is -2.24. The quantitative estimate of drug-likeness (QED) is 0.673. The maximum absolute atomic E-state index is 12.5. The van der Waals surface area contributed by atoms with E-state index in [0.29, 0.717) is 10.9 Å². The van der Waals surface area contributed by atoms with Crippen LogP contribution >= 0.6 is 0 Å². The zero-order valence-corrected chi connectivity index (χ0v) is 15.7. The first-order valence-corrected chi connectivity index (χ1v) is 9.86. The van der Waals surface area contributed by atoms with Crippen molar-refractivity contribution >= 4 is 26.7 Å². The van der Waals surface area contributed by atoms with E-state index in [0.717, 1.165) is 5.56 Å². The number of aromatic amines is 1. The van der Waals surface area contributed by atoms with Gasteiger partial charge in [-0.15, -0.1) is 0 Å². The van der Waals surface area contributed by atoms with Gasteiger partial charge < -0.3 is 9.72 Å². The summed E-state index contributed by atoms with van der Waals surface area (Å²) >= 11 is 0. The second kappa shape index (κ2) is 7.32. The number of methoxy groups -OCH3 is 1. The minimum absolute atomic E-state index is 0.0455. The summed E-state index contributed by atoms with van der Waals surface area (Å²) in [6, 6.07) is 11.0. The highest BCUT2D eigenvalue weighted by molar-refractivity contribution is 7.91. The van der Waals surface area contributed by atoms with E-state index in [1.807, 2.05) is 6.92 Å². The predicted octanol–water partition coefficient (Wildman–Crippen LogP) is 2.03. The molecule has 0 atom stereocenters. The first-order chi connectivity index (χ1) is 12.8. The van der Waals surface area contributed by atoms with Gasteiger partial charge in [0.05, 0.1) is 34.2 Å². The molecule has 0 fully saturated rings. The third-order valence-electron chi connectivity index (χ3n) is 4.16. The van der Waals surface area contributed by atoms with E-state index in [9.17, 15) is 18.0 Å². The van der Waals surface area contributed by atoms with Gasteiger partial charge in [-0.05, 0) is 37.3 Å². The number of fused-ring (bicyclic) bond motifs is 1. The lowest BCUT2D eigenvalue weighted by molar-refractivity contribution is 0.0601. The first kappa shape index (κ1) is 18.8. The van der Waals surface area contributed by atoms with Gasteiger partial charge in [0.15, 0.2) is 9.84 Å². The van der Waals surface area contributed by atoms with E-state index < -0.39 is 15.8 Å². The molecule has 0 amide bonds. The van der Waals surface area contributed by atoms with Crippen LogP contribution in [0.4, 0.5) is 0 Å². The number of rotatable bonds is 5. The topological polar surface area (TPSA) is 106 Å². The number of esters is 1. The first-order valence-electron chi connectivity index (χ1n) is 8.21. The molecule has 0 radical (unpaired) electrons. The van der Waals surface area contributed by atoms with Crippen LogP contribution in [0, 0.1) is 6.92 Å². The monoisotopic (exact) mass is 386 g/mol. The molecule has 0 aliphatic rings. The van der Waals surface area contributed by atoms with Crippen LogP contribution in [0.5, 0.6) is 0 Å². The van der Waals surface area contributed by atoms with Crippen molar-refractivity contribution in [1.29, 1.82) is 0 Å². The molecule has 1 N–H and O–H groups in total. The molecule has 0 unspecified atom stereocenters. The fourth-order valence-electron chi connectivity index (χ4n) is 2.65. The van der Waals surface area contributed by atoms with Gasteiger partial charge in [-0.2, -0.15) is 0 Å². The maximum Gasteiger partial charge on any atom is 0.337 e. The number of sulfone groups is 1. The number of aromatic nitrogens is 2. The summed E-state index contributed by atoms with van der Waals surface area (Å²) in [6.07, 6.45) is 0.0455. The molecule has 0 saturated carbocycles. The third-order valence-corrected chi connectivity index (χ3v) is 5.90. The van der Waals surface area contributed by atoms with Gasteiger partial charge >= 0.3 is 5.97 Å². The number of ether oxygens (including phenoxy) is 1. The Morgan fingerprint density at radius 1 is 1.15 bits per heavy atom. The number of carbonyl (C=O) groups excluding carboxylic acids is 1. The number of benzene rings is 2. The summed E-state index contributed by atoms with van der Waals surface area (Å²) in [4.78, 5) is 31.0. The molecule has 3 rings (SSSR count). The minimum atomic E-state index is -3.50. The van der Waals surface area contributed by atoms with Gasteiger partial charge in [-0.1, -0.05) is 17.7 Å². The number of H-pyrrole nitrogens is 1. The molecule has 1 heterocycles. The van der Waals surface area contributed by atoms with Gasteiger partial charge in [0.2, 0.25) is 0 Å².